The van der Waals surface area contributed by atoms with Gasteiger partial charge in [0.1, 0.15) is 0 Å². The summed E-state index contributed by atoms with van der Waals surface area (Å²) in [5, 5.41) is 0. The highest BCUT2D eigenvalue weighted by Crippen LogP contribution is 2.16. The van der Waals surface area contributed by atoms with Gasteiger partial charge in [0, 0.05) is 0 Å². The second-order valence-electron chi connectivity index (χ2n) is 5.18. The highest BCUT2D eigenvalue weighted by Gasteiger charge is 1.98. The van der Waals surface area contributed by atoms with Crippen LogP contribution in [-0.2, 0) is 0 Å². The van der Waals surface area contributed by atoms with E-state index in [9.17, 15) is 0 Å². The Morgan fingerprint density at radius 3 is 2.33 bits per heavy atom. The summed E-state index contributed by atoms with van der Waals surface area (Å²) in [5.74, 6) is 0.547. The number of hydrogen-bond acceptors (Lipinski definition) is 0. The second-order valence-corrected chi connectivity index (χ2v) is 5.18. The van der Waals surface area contributed by atoms with E-state index in [4.69, 9.17) is 0 Å². The average Bonchev–Trinajstić information content (AvgIpc) is 2.42. The SMILES string of the molecule is CCCCCCCC/C=C\C(C)c1ccccc1. The Bertz CT molecular complexity index is 310. The van der Waals surface area contributed by atoms with Gasteiger partial charge >= 0.3 is 0 Å². The van der Waals surface area contributed by atoms with E-state index in [0.29, 0.717) is 5.92 Å². The van der Waals surface area contributed by atoms with Crippen LogP contribution in [0.1, 0.15) is 70.3 Å². The molecule has 0 fully saturated rings. The van der Waals surface area contributed by atoms with E-state index in [2.05, 4.69) is 56.3 Å². The largest absolute Gasteiger partial charge is 0.0879 e. The van der Waals surface area contributed by atoms with Crippen molar-refractivity contribution in [2.45, 2.75) is 64.7 Å². The van der Waals surface area contributed by atoms with Crippen molar-refractivity contribution in [3.05, 3.63) is 48.0 Å². The maximum Gasteiger partial charge on any atom is -0.00104 e. The molecular formula is C18H28. The van der Waals surface area contributed by atoms with Gasteiger partial charge < -0.3 is 0 Å². The molecule has 0 saturated carbocycles. The molecule has 0 nitrogen and oxygen atoms in total. The molecule has 0 aliphatic carbocycles. The van der Waals surface area contributed by atoms with Crippen LogP contribution >= 0.6 is 0 Å². The van der Waals surface area contributed by atoms with Crippen LogP contribution in [0.25, 0.3) is 0 Å². The van der Waals surface area contributed by atoms with E-state index in [0.717, 1.165) is 0 Å². The third kappa shape index (κ3) is 6.64. The van der Waals surface area contributed by atoms with Crippen LogP contribution in [-0.4, -0.2) is 0 Å². The molecule has 1 atom stereocenters. The van der Waals surface area contributed by atoms with Gasteiger partial charge in [-0.2, -0.15) is 0 Å². The van der Waals surface area contributed by atoms with Crippen molar-refractivity contribution in [1.82, 2.24) is 0 Å². The lowest BCUT2D eigenvalue weighted by molar-refractivity contribution is 0.611. The van der Waals surface area contributed by atoms with E-state index in [1.807, 2.05) is 0 Å². The maximum absolute atomic E-state index is 2.36. The van der Waals surface area contributed by atoms with Crippen LogP contribution in [0.5, 0.6) is 0 Å². The van der Waals surface area contributed by atoms with Crippen LogP contribution in [0.2, 0.25) is 0 Å². The van der Waals surface area contributed by atoms with Crippen LogP contribution in [0.15, 0.2) is 42.5 Å². The number of allylic oxidation sites excluding steroid dienone is 2. The summed E-state index contributed by atoms with van der Waals surface area (Å²) in [6.07, 6.45) is 14.3. The van der Waals surface area contributed by atoms with E-state index in [-0.39, 0.29) is 0 Å². The number of hydrogen-bond donors (Lipinski definition) is 0. The predicted molar refractivity (Wildman–Crippen MR) is 82.0 cm³/mol. The zero-order valence-electron chi connectivity index (χ0n) is 12.1. The van der Waals surface area contributed by atoms with Gasteiger partial charge in [-0.3, -0.25) is 0 Å². The third-order valence-corrected chi connectivity index (χ3v) is 3.47. The van der Waals surface area contributed by atoms with Gasteiger partial charge in [0.05, 0.1) is 0 Å². The Hall–Kier alpha value is -1.04. The molecule has 0 aliphatic heterocycles. The van der Waals surface area contributed by atoms with Gasteiger partial charge in [0.15, 0.2) is 0 Å². The third-order valence-electron chi connectivity index (χ3n) is 3.47. The van der Waals surface area contributed by atoms with Crippen LogP contribution in [0.3, 0.4) is 0 Å². The van der Waals surface area contributed by atoms with Gasteiger partial charge in [-0.05, 0) is 24.3 Å². The van der Waals surface area contributed by atoms with Crippen molar-refractivity contribution in [3.8, 4) is 0 Å². The van der Waals surface area contributed by atoms with Gasteiger partial charge in [0.2, 0.25) is 0 Å². The van der Waals surface area contributed by atoms with Crippen molar-refractivity contribution in [2.24, 2.45) is 0 Å². The van der Waals surface area contributed by atoms with Crippen molar-refractivity contribution in [2.75, 3.05) is 0 Å². The Balaban J connectivity index is 2.10. The molecule has 0 amide bonds. The fraction of sp³-hybridized carbons (Fsp3) is 0.556. The predicted octanol–water partition coefficient (Wildman–Crippen LogP) is 6.10. The quantitative estimate of drug-likeness (QED) is 0.364. The summed E-state index contributed by atoms with van der Waals surface area (Å²) in [6.45, 7) is 4.54. The fourth-order valence-electron chi connectivity index (χ4n) is 2.21. The Kier molecular flexibility index (Phi) is 8.29. The molecule has 1 rings (SSSR count). The normalized spacial score (nSPS) is 13.0. The highest BCUT2D eigenvalue weighted by molar-refractivity contribution is 5.22. The van der Waals surface area contributed by atoms with Crippen molar-refractivity contribution in [1.29, 1.82) is 0 Å². The first kappa shape index (κ1) is 15.0. The van der Waals surface area contributed by atoms with E-state index in [1.54, 1.807) is 0 Å². The maximum atomic E-state index is 2.36. The minimum absolute atomic E-state index is 0.547. The van der Waals surface area contributed by atoms with E-state index < -0.39 is 0 Å². The molecule has 0 radical (unpaired) electrons. The summed E-state index contributed by atoms with van der Waals surface area (Å²) in [5.41, 5.74) is 1.41. The lowest BCUT2D eigenvalue weighted by Crippen LogP contribution is -1.87. The molecule has 0 saturated heterocycles. The molecule has 0 bridgehead atoms. The zero-order chi connectivity index (χ0) is 13.1. The second kappa shape index (κ2) is 9.94. The molecule has 1 unspecified atom stereocenters. The molecule has 1 aromatic rings. The van der Waals surface area contributed by atoms with Crippen LogP contribution in [0, 0.1) is 0 Å². The molecule has 0 heterocycles. The Morgan fingerprint density at radius 2 is 1.61 bits per heavy atom. The summed E-state index contributed by atoms with van der Waals surface area (Å²) in [7, 11) is 0. The van der Waals surface area contributed by atoms with E-state index >= 15 is 0 Å². The lowest BCUT2D eigenvalue weighted by Gasteiger charge is -2.05. The van der Waals surface area contributed by atoms with Crippen LogP contribution < -0.4 is 0 Å². The molecule has 100 valence electrons. The standard InChI is InChI=1S/C18H28/c1-3-4-5-6-7-8-9-11-14-17(2)18-15-12-10-13-16-18/h10-17H,3-9H2,1-2H3/b14-11-. The first-order valence-electron chi connectivity index (χ1n) is 7.56. The Labute approximate surface area is 113 Å². The first-order chi connectivity index (χ1) is 8.84. The topological polar surface area (TPSA) is 0 Å². The van der Waals surface area contributed by atoms with Gasteiger partial charge in [-0.25, -0.2) is 0 Å². The molecule has 18 heavy (non-hydrogen) atoms. The number of unbranched alkanes of at least 4 members (excludes halogenated alkanes) is 6. The monoisotopic (exact) mass is 244 g/mol. The molecular weight excluding hydrogens is 216 g/mol. The highest BCUT2D eigenvalue weighted by atomic mass is 14.0. The van der Waals surface area contributed by atoms with Crippen molar-refractivity contribution < 1.29 is 0 Å². The van der Waals surface area contributed by atoms with Crippen molar-refractivity contribution >= 4 is 0 Å². The van der Waals surface area contributed by atoms with Crippen LogP contribution in [0.4, 0.5) is 0 Å². The minimum Gasteiger partial charge on any atom is -0.0879 e. The lowest BCUT2D eigenvalue weighted by atomic mass is 10.00. The Morgan fingerprint density at radius 1 is 0.944 bits per heavy atom. The molecule has 0 heteroatoms. The summed E-state index contributed by atoms with van der Waals surface area (Å²) in [6, 6.07) is 10.7. The summed E-state index contributed by atoms with van der Waals surface area (Å²) < 4.78 is 0. The van der Waals surface area contributed by atoms with Gasteiger partial charge in [-0.1, -0.05) is 88.4 Å². The molecule has 0 spiro atoms. The molecule has 0 aliphatic rings. The van der Waals surface area contributed by atoms with Gasteiger partial charge in [-0.15, -0.1) is 0 Å². The summed E-state index contributed by atoms with van der Waals surface area (Å²) in [4.78, 5) is 0. The number of rotatable bonds is 9. The van der Waals surface area contributed by atoms with Crippen molar-refractivity contribution in [3.63, 3.8) is 0 Å². The smallest absolute Gasteiger partial charge is 0.00104 e. The molecule has 0 N–H and O–H groups in total. The minimum atomic E-state index is 0.547. The zero-order valence-corrected chi connectivity index (χ0v) is 12.1. The first-order valence-corrected chi connectivity index (χ1v) is 7.56. The fourth-order valence-corrected chi connectivity index (χ4v) is 2.21. The average molecular weight is 244 g/mol. The molecule has 0 aromatic heterocycles. The molecule has 1 aromatic carbocycles. The van der Waals surface area contributed by atoms with E-state index in [1.165, 1.54) is 50.5 Å². The number of benzene rings is 1. The summed E-state index contributed by atoms with van der Waals surface area (Å²) >= 11 is 0. The van der Waals surface area contributed by atoms with Gasteiger partial charge in [0.25, 0.3) is 0 Å².